The topological polar surface area (TPSA) is 49.9 Å². The van der Waals surface area contributed by atoms with Gasteiger partial charge in [0, 0.05) is 4.90 Å². The number of benzene rings is 1. The molecule has 1 aromatic carbocycles. The number of amidine groups is 1. The van der Waals surface area contributed by atoms with Crippen molar-refractivity contribution >= 4 is 29.3 Å². The Morgan fingerprint density at radius 1 is 1.33 bits per heavy atom. The Hall–Kier alpha value is -0.670. The maximum Gasteiger partial charge on any atom is 0.155 e. The summed E-state index contributed by atoms with van der Waals surface area (Å²) in [4.78, 5) is 1.02. The van der Waals surface area contributed by atoms with Crippen LogP contribution >= 0.6 is 24.2 Å². The second kappa shape index (κ2) is 5.06. The Kier molecular flexibility index (Phi) is 4.78. The molecule has 0 aliphatic heterocycles. The highest BCUT2D eigenvalue weighted by Gasteiger charge is 1.93. The summed E-state index contributed by atoms with van der Waals surface area (Å²) in [5.41, 5.74) is 6.43. The largest absolute Gasteiger partial charge is 0.378 e. The van der Waals surface area contributed by atoms with E-state index in [1.807, 2.05) is 31.2 Å². The molecule has 0 aliphatic carbocycles. The van der Waals surface area contributed by atoms with Crippen LogP contribution in [0.3, 0.4) is 0 Å². The molecule has 0 heterocycles. The molecule has 0 aromatic heterocycles. The minimum absolute atomic E-state index is 0. The first-order chi connectivity index (χ1) is 5.18. The van der Waals surface area contributed by atoms with Crippen LogP contribution in [-0.2, 0) is 0 Å². The highest BCUT2D eigenvalue weighted by atomic mass is 35.5. The quantitative estimate of drug-likeness (QED) is 0.418. The van der Waals surface area contributed by atoms with Crippen LogP contribution in [0.1, 0.15) is 5.56 Å². The van der Waals surface area contributed by atoms with E-state index in [0.29, 0.717) is 0 Å². The zero-order valence-corrected chi connectivity index (χ0v) is 8.34. The summed E-state index contributed by atoms with van der Waals surface area (Å²) in [5, 5.41) is 7.16. The second-order valence-corrected chi connectivity index (χ2v) is 3.39. The molecule has 0 radical (unpaired) electrons. The lowest BCUT2D eigenvalue weighted by molar-refractivity contribution is 1.38. The minimum atomic E-state index is 0. The molecule has 12 heavy (non-hydrogen) atoms. The molecular weight excluding hydrogens is 192 g/mol. The molecule has 4 heteroatoms. The molecule has 0 atom stereocenters. The van der Waals surface area contributed by atoms with Crippen molar-refractivity contribution in [1.82, 2.24) is 0 Å². The van der Waals surface area contributed by atoms with E-state index < -0.39 is 0 Å². The number of hydrogen-bond donors (Lipinski definition) is 2. The number of thioether (sulfide) groups is 1. The van der Waals surface area contributed by atoms with Gasteiger partial charge in [0.1, 0.15) is 0 Å². The molecule has 0 unspecified atom stereocenters. The molecule has 0 fully saturated rings. The van der Waals surface area contributed by atoms with Gasteiger partial charge in [0.15, 0.2) is 5.17 Å². The lowest BCUT2D eigenvalue weighted by Gasteiger charge is -1.97. The van der Waals surface area contributed by atoms with Crippen LogP contribution in [0.2, 0.25) is 0 Å². The zero-order valence-electron chi connectivity index (χ0n) is 6.70. The van der Waals surface area contributed by atoms with E-state index in [1.54, 1.807) is 0 Å². The first-order valence-electron chi connectivity index (χ1n) is 3.27. The van der Waals surface area contributed by atoms with Gasteiger partial charge in [0.05, 0.1) is 0 Å². The summed E-state index contributed by atoms with van der Waals surface area (Å²) in [6, 6.07) is 7.93. The Morgan fingerprint density at radius 2 is 1.83 bits per heavy atom. The molecule has 66 valence electrons. The number of aryl methyl sites for hydroxylation is 1. The smallest absolute Gasteiger partial charge is 0.155 e. The van der Waals surface area contributed by atoms with Gasteiger partial charge in [-0.2, -0.15) is 0 Å². The van der Waals surface area contributed by atoms with E-state index >= 15 is 0 Å². The lowest BCUT2D eigenvalue weighted by Crippen LogP contribution is -2.02. The fraction of sp³-hybridized carbons (Fsp3) is 0.125. The van der Waals surface area contributed by atoms with Crippen LogP contribution in [0.4, 0.5) is 0 Å². The van der Waals surface area contributed by atoms with Crippen LogP contribution in [0, 0.1) is 12.3 Å². The van der Waals surface area contributed by atoms with Crippen LogP contribution in [0.5, 0.6) is 0 Å². The van der Waals surface area contributed by atoms with Gasteiger partial charge in [0.25, 0.3) is 0 Å². The fourth-order valence-electron chi connectivity index (χ4n) is 0.733. The van der Waals surface area contributed by atoms with E-state index in [2.05, 4.69) is 0 Å². The molecule has 1 rings (SSSR count). The van der Waals surface area contributed by atoms with Crippen molar-refractivity contribution in [3.05, 3.63) is 29.8 Å². The number of hydrogen-bond acceptors (Lipinski definition) is 2. The molecule has 0 saturated heterocycles. The molecule has 0 spiro atoms. The van der Waals surface area contributed by atoms with Crippen molar-refractivity contribution in [1.29, 1.82) is 5.41 Å². The predicted molar refractivity (Wildman–Crippen MR) is 56.2 cm³/mol. The maximum atomic E-state index is 7.03. The summed E-state index contributed by atoms with van der Waals surface area (Å²) in [5.74, 6) is 0. The third kappa shape index (κ3) is 3.64. The normalized spacial score (nSPS) is 8.75. The van der Waals surface area contributed by atoms with Crippen molar-refractivity contribution < 1.29 is 0 Å². The number of nitrogens with two attached hydrogens (primary N) is 1. The first-order valence-corrected chi connectivity index (χ1v) is 4.08. The standard InChI is InChI=1S/C8H10N2S.ClH/c1-6-2-4-7(5-3-6)11-8(9)10;/h2-5H,1H3,(H3,9,10);1H. The van der Waals surface area contributed by atoms with E-state index in [0.717, 1.165) is 4.90 Å². The molecule has 2 nitrogen and oxygen atoms in total. The average Bonchev–Trinajstić information content (AvgIpc) is 1.93. The Bertz CT molecular complexity index is 258. The SMILES string of the molecule is Cc1ccc(SC(=N)N)cc1.Cl. The van der Waals surface area contributed by atoms with Gasteiger partial charge in [-0.15, -0.1) is 12.4 Å². The highest BCUT2D eigenvalue weighted by Crippen LogP contribution is 2.16. The number of halogens is 1. The summed E-state index contributed by atoms with van der Waals surface area (Å²) >= 11 is 1.27. The van der Waals surface area contributed by atoms with Crippen LogP contribution in [0.15, 0.2) is 29.2 Å². The third-order valence-electron chi connectivity index (χ3n) is 1.25. The van der Waals surface area contributed by atoms with Gasteiger partial charge < -0.3 is 5.73 Å². The molecule has 0 bridgehead atoms. The van der Waals surface area contributed by atoms with Gasteiger partial charge >= 0.3 is 0 Å². The summed E-state index contributed by atoms with van der Waals surface area (Å²) in [7, 11) is 0. The second-order valence-electron chi connectivity index (χ2n) is 2.28. The van der Waals surface area contributed by atoms with Gasteiger partial charge in [-0.05, 0) is 19.1 Å². The van der Waals surface area contributed by atoms with Gasteiger partial charge in [0.2, 0.25) is 0 Å². The lowest BCUT2D eigenvalue weighted by atomic mass is 10.2. The number of nitrogens with one attached hydrogen (secondary N) is 1. The summed E-state index contributed by atoms with van der Waals surface area (Å²) < 4.78 is 0. The highest BCUT2D eigenvalue weighted by molar-refractivity contribution is 8.13. The van der Waals surface area contributed by atoms with Crippen molar-refractivity contribution in [2.45, 2.75) is 11.8 Å². The zero-order chi connectivity index (χ0) is 8.27. The molecular formula is C8H11ClN2S. The minimum Gasteiger partial charge on any atom is -0.378 e. The third-order valence-corrected chi connectivity index (χ3v) is 1.98. The van der Waals surface area contributed by atoms with Crippen LogP contribution < -0.4 is 5.73 Å². The van der Waals surface area contributed by atoms with Crippen molar-refractivity contribution in [3.63, 3.8) is 0 Å². The monoisotopic (exact) mass is 202 g/mol. The Balaban J connectivity index is 0.00000121. The molecule has 1 aromatic rings. The van der Waals surface area contributed by atoms with Gasteiger partial charge in [-0.3, -0.25) is 5.41 Å². The number of rotatable bonds is 1. The average molecular weight is 203 g/mol. The van der Waals surface area contributed by atoms with Crippen molar-refractivity contribution in [2.24, 2.45) is 5.73 Å². The maximum absolute atomic E-state index is 7.03. The van der Waals surface area contributed by atoms with E-state index in [-0.39, 0.29) is 17.6 Å². The molecule has 0 aliphatic rings. The predicted octanol–water partition coefficient (Wildman–Crippen LogP) is 2.40. The summed E-state index contributed by atoms with van der Waals surface area (Å²) in [6.45, 7) is 2.03. The fourth-order valence-corrected chi connectivity index (χ4v) is 1.26. The van der Waals surface area contributed by atoms with E-state index in [9.17, 15) is 0 Å². The first kappa shape index (κ1) is 11.3. The van der Waals surface area contributed by atoms with Crippen LogP contribution in [0.25, 0.3) is 0 Å². The summed E-state index contributed by atoms with van der Waals surface area (Å²) in [6.07, 6.45) is 0. The molecule has 3 N–H and O–H groups in total. The van der Waals surface area contributed by atoms with E-state index in [1.165, 1.54) is 17.3 Å². The molecule has 0 saturated carbocycles. The van der Waals surface area contributed by atoms with Gasteiger partial charge in [-0.25, -0.2) is 0 Å². The van der Waals surface area contributed by atoms with Crippen molar-refractivity contribution in [3.8, 4) is 0 Å². The van der Waals surface area contributed by atoms with Crippen molar-refractivity contribution in [2.75, 3.05) is 0 Å². The van der Waals surface area contributed by atoms with Crippen LogP contribution in [-0.4, -0.2) is 5.17 Å². The van der Waals surface area contributed by atoms with E-state index in [4.69, 9.17) is 11.1 Å². The van der Waals surface area contributed by atoms with Gasteiger partial charge in [-0.1, -0.05) is 29.5 Å². The molecule has 0 amide bonds. The Labute approximate surface area is 82.5 Å². The Morgan fingerprint density at radius 3 is 2.25 bits per heavy atom.